The van der Waals surface area contributed by atoms with Crippen LogP contribution >= 0.6 is 23.2 Å². The van der Waals surface area contributed by atoms with E-state index in [4.69, 9.17) is 23.2 Å². The number of aryl methyl sites for hydroxylation is 1. The molecular weight excluding hydrogens is 219 g/mol. The number of hydrogen-bond acceptors (Lipinski definition) is 1. The first-order valence-electron chi connectivity index (χ1n) is 4.62. The van der Waals surface area contributed by atoms with Crippen molar-refractivity contribution in [2.45, 2.75) is 26.2 Å². The van der Waals surface area contributed by atoms with Gasteiger partial charge in [-0.1, -0.05) is 36.5 Å². The van der Waals surface area contributed by atoms with Gasteiger partial charge < -0.3 is 0 Å². The number of unbranched alkanes of at least 4 members (excludes halogenated alkanes) is 1. The van der Waals surface area contributed by atoms with Crippen LogP contribution in [0.2, 0.25) is 10.0 Å². The van der Waals surface area contributed by atoms with E-state index in [9.17, 15) is 4.79 Å². The number of benzene rings is 1. The molecule has 76 valence electrons. The summed E-state index contributed by atoms with van der Waals surface area (Å²) in [6.07, 6.45) is 3.88. The van der Waals surface area contributed by atoms with Crippen molar-refractivity contribution < 1.29 is 4.79 Å². The molecule has 0 unspecified atom stereocenters. The summed E-state index contributed by atoms with van der Waals surface area (Å²) in [6.45, 7) is 2.13. The standard InChI is InChI=1S/C11H12Cl2O/c1-2-3-4-8-5-10(12)9(7-14)11(13)6-8/h5-7H,2-4H2,1H3. The third-order valence-corrected chi connectivity index (χ3v) is 2.70. The van der Waals surface area contributed by atoms with Crippen LogP contribution in [0, 0.1) is 0 Å². The molecule has 0 saturated heterocycles. The number of aldehydes is 1. The summed E-state index contributed by atoms with van der Waals surface area (Å²) < 4.78 is 0. The predicted octanol–water partition coefficient (Wildman–Crippen LogP) is 4.15. The topological polar surface area (TPSA) is 17.1 Å². The lowest BCUT2D eigenvalue weighted by Crippen LogP contribution is -1.90. The van der Waals surface area contributed by atoms with Gasteiger partial charge in [0.15, 0.2) is 6.29 Å². The lowest BCUT2D eigenvalue weighted by atomic mass is 10.1. The Labute approximate surface area is 94.0 Å². The SMILES string of the molecule is CCCCc1cc(Cl)c(C=O)c(Cl)c1. The second kappa shape index (κ2) is 5.38. The zero-order chi connectivity index (χ0) is 10.6. The Morgan fingerprint density at radius 2 is 1.86 bits per heavy atom. The van der Waals surface area contributed by atoms with E-state index in [-0.39, 0.29) is 0 Å². The van der Waals surface area contributed by atoms with Gasteiger partial charge in [0.25, 0.3) is 0 Å². The third-order valence-electron chi connectivity index (χ3n) is 2.08. The van der Waals surface area contributed by atoms with E-state index in [2.05, 4.69) is 6.92 Å². The van der Waals surface area contributed by atoms with Crippen molar-refractivity contribution in [1.29, 1.82) is 0 Å². The highest BCUT2D eigenvalue weighted by molar-refractivity contribution is 6.38. The van der Waals surface area contributed by atoms with Crippen molar-refractivity contribution in [3.05, 3.63) is 33.3 Å². The average Bonchev–Trinajstić information content (AvgIpc) is 2.14. The molecule has 0 aromatic heterocycles. The molecule has 1 aromatic rings. The van der Waals surface area contributed by atoms with Gasteiger partial charge in [-0.2, -0.15) is 0 Å². The normalized spacial score (nSPS) is 10.2. The lowest BCUT2D eigenvalue weighted by molar-refractivity contribution is 0.112. The minimum atomic E-state index is 0.383. The summed E-state index contributed by atoms with van der Waals surface area (Å²) in [5.74, 6) is 0. The third kappa shape index (κ3) is 2.73. The average molecular weight is 231 g/mol. The Hall–Kier alpha value is -0.530. The minimum Gasteiger partial charge on any atom is -0.298 e. The van der Waals surface area contributed by atoms with E-state index in [0.29, 0.717) is 21.9 Å². The summed E-state index contributed by atoms with van der Waals surface area (Å²) >= 11 is 11.8. The minimum absolute atomic E-state index is 0.383. The van der Waals surface area contributed by atoms with Crippen molar-refractivity contribution in [2.24, 2.45) is 0 Å². The van der Waals surface area contributed by atoms with E-state index in [1.807, 2.05) is 12.1 Å². The van der Waals surface area contributed by atoms with Crippen LogP contribution in [0.3, 0.4) is 0 Å². The number of hydrogen-bond donors (Lipinski definition) is 0. The van der Waals surface area contributed by atoms with E-state index in [1.165, 1.54) is 0 Å². The van der Waals surface area contributed by atoms with Crippen LogP contribution in [0.15, 0.2) is 12.1 Å². The fraction of sp³-hybridized carbons (Fsp3) is 0.364. The molecule has 0 spiro atoms. The van der Waals surface area contributed by atoms with Gasteiger partial charge >= 0.3 is 0 Å². The maximum atomic E-state index is 10.6. The van der Waals surface area contributed by atoms with Crippen molar-refractivity contribution in [2.75, 3.05) is 0 Å². The second-order valence-corrected chi connectivity index (χ2v) is 4.01. The summed E-state index contributed by atoms with van der Waals surface area (Å²) in [5.41, 5.74) is 1.47. The Morgan fingerprint density at radius 3 is 2.29 bits per heavy atom. The first kappa shape index (κ1) is 11.5. The molecule has 3 heteroatoms. The second-order valence-electron chi connectivity index (χ2n) is 3.19. The van der Waals surface area contributed by atoms with Gasteiger partial charge in [0.05, 0.1) is 15.6 Å². The van der Waals surface area contributed by atoms with Gasteiger partial charge in [0, 0.05) is 0 Å². The van der Waals surface area contributed by atoms with E-state index < -0.39 is 0 Å². The maximum absolute atomic E-state index is 10.6. The van der Waals surface area contributed by atoms with Crippen LogP contribution in [0.1, 0.15) is 35.7 Å². The highest BCUT2D eigenvalue weighted by atomic mass is 35.5. The Kier molecular flexibility index (Phi) is 4.43. The van der Waals surface area contributed by atoms with Gasteiger partial charge in [-0.05, 0) is 30.5 Å². The zero-order valence-electron chi connectivity index (χ0n) is 8.02. The van der Waals surface area contributed by atoms with Crippen molar-refractivity contribution in [1.82, 2.24) is 0 Å². The van der Waals surface area contributed by atoms with E-state index >= 15 is 0 Å². The van der Waals surface area contributed by atoms with E-state index in [0.717, 1.165) is 24.8 Å². The molecule has 0 bridgehead atoms. The lowest BCUT2D eigenvalue weighted by Gasteiger charge is -2.04. The Morgan fingerprint density at radius 1 is 1.29 bits per heavy atom. The monoisotopic (exact) mass is 230 g/mol. The molecule has 0 fully saturated rings. The molecule has 0 heterocycles. The molecule has 0 radical (unpaired) electrons. The van der Waals surface area contributed by atoms with E-state index in [1.54, 1.807) is 0 Å². The molecule has 0 aliphatic heterocycles. The molecule has 0 aliphatic carbocycles. The quantitative estimate of drug-likeness (QED) is 0.711. The first-order valence-corrected chi connectivity index (χ1v) is 5.37. The predicted molar refractivity (Wildman–Crippen MR) is 60.5 cm³/mol. The summed E-state index contributed by atoms with van der Waals surface area (Å²) in [4.78, 5) is 10.6. The summed E-state index contributed by atoms with van der Waals surface area (Å²) in [5, 5.41) is 0.886. The van der Waals surface area contributed by atoms with Gasteiger partial charge in [-0.15, -0.1) is 0 Å². The molecule has 0 amide bonds. The maximum Gasteiger partial charge on any atom is 0.153 e. The number of carbonyl (C=O) groups is 1. The fourth-order valence-electron chi connectivity index (χ4n) is 1.27. The van der Waals surface area contributed by atoms with Crippen LogP contribution < -0.4 is 0 Å². The number of halogens is 2. The summed E-state index contributed by atoms with van der Waals surface area (Å²) in [6, 6.07) is 3.62. The molecule has 0 N–H and O–H groups in total. The summed E-state index contributed by atoms with van der Waals surface area (Å²) in [7, 11) is 0. The molecular formula is C11H12Cl2O. The zero-order valence-corrected chi connectivity index (χ0v) is 9.53. The van der Waals surface area contributed by atoms with Gasteiger partial charge in [-0.3, -0.25) is 4.79 Å². The first-order chi connectivity index (χ1) is 6.69. The van der Waals surface area contributed by atoms with Crippen LogP contribution in [-0.2, 0) is 6.42 Å². The van der Waals surface area contributed by atoms with Gasteiger partial charge in [0.2, 0.25) is 0 Å². The van der Waals surface area contributed by atoms with Gasteiger partial charge in [-0.25, -0.2) is 0 Å². The largest absolute Gasteiger partial charge is 0.298 e. The molecule has 0 aliphatic rings. The molecule has 14 heavy (non-hydrogen) atoms. The van der Waals surface area contributed by atoms with Crippen LogP contribution in [0.25, 0.3) is 0 Å². The molecule has 1 nitrogen and oxygen atoms in total. The van der Waals surface area contributed by atoms with Gasteiger partial charge in [0.1, 0.15) is 0 Å². The van der Waals surface area contributed by atoms with Crippen molar-refractivity contribution in [3.8, 4) is 0 Å². The highest BCUT2D eigenvalue weighted by Crippen LogP contribution is 2.25. The van der Waals surface area contributed by atoms with Crippen LogP contribution in [-0.4, -0.2) is 6.29 Å². The molecule has 1 rings (SSSR count). The Balaban J connectivity index is 2.95. The van der Waals surface area contributed by atoms with Crippen LogP contribution in [0.4, 0.5) is 0 Å². The fourth-order valence-corrected chi connectivity index (χ4v) is 1.90. The molecule has 1 aromatic carbocycles. The number of carbonyl (C=O) groups excluding carboxylic acids is 1. The highest BCUT2D eigenvalue weighted by Gasteiger charge is 2.06. The van der Waals surface area contributed by atoms with Crippen molar-refractivity contribution >= 4 is 29.5 Å². The van der Waals surface area contributed by atoms with Crippen molar-refractivity contribution in [3.63, 3.8) is 0 Å². The smallest absolute Gasteiger partial charge is 0.153 e. The molecule has 0 atom stereocenters. The molecule has 0 saturated carbocycles. The Bertz CT molecular complexity index is 311. The van der Waals surface area contributed by atoms with Crippen LogP contribution in [0.5, 0.6) is 0 Å². The number of rotatable bonds is 4.